The Bertz CT molecular complexity index is 554. The summed E-state index contributed by atoms with van der Waals surface area (Å²) in [7, 11) is 0. The molecule has 2 rings (SSSR count). The van der Waals surface area contributed by atoms with Crippen molar-refractivity contribution in [2.24, 2.45) is 0 Å². The fourth-order valence-corrected chi connectivity index (χ4v) is 2.24. The lowest BCUT2D eigenvalue weighted by molar-refractivity contribution is -0.185. The van der Waals surface area contributed by atoms with Crippen molar-refractivity contribution >= 4 is 11.9 Å². The minimum Gasteiger partial charge on any atom is -0.478 e. The number of carboxylic acids is 1. The van der Waals surface area contributed by atoms with Crippen LogP contribution in [0.2, 0.25) is 0 Å². The number of alkyl halides is 3. The molecule has 1 aromatic carbocycles. The number of carboxylic acid groups (broad SMARTS) is 1. The van der Waals surface area contributed by atoms with Gasteiger partial charge in [0.05, 0.1) is 5.56 Å². The molecule has 0 saturated heterocycles. The summed E-state index contributed by atoms with van der Waals surface area (Å²) < 4.78 is 37.2. The summed E-state index contributed by atoms with van der Waals surface area (Å²) in [5.41, 5.74) is 1.56. The number of hydrogen-bond acceptors (Lipinski definition) is 2. The van der Waals surface area contributed by atoms with Gasteiger partial charge in [-0.25, -0.2) is 4.79 Å². The third kappa shape index (κ3) is 2.92. The van der Waals surface area contributed by atoms with Gasteiger partial charge in [0.25, 0.3) is 0 Å². The highest BCUT2D eigenvalue weighted by atomic mass is 19.4. The fourth-order valence-electron chi connectivity index (χ4n) is 2.24. The van der Waals surface area contributed by atoms with Gasteiger partial charge >= 0.3 is 18.1 Å². The summed E-state index contributed by atoms with van der Waals surface area (Å²) in [6.45, 7) is -0.0772. The number of rotatable bonds is 1. The van der Waals surface area contributed by atoms with Crippen molar-refractivity contribution in [2.75, 3.05) is 13.1 Å². The van der Waals surface area contributed by atoms with Crippen molar-refractivity contribution in [1.82, 2.24) is 4.90 Å². The van der Waals surface area contributed by atoms with E-state index in [0.717, 1.165) is 10.5 Å². The van der Waals surface area contributed by atoms with E-state index in [1.807, 2.05) is 0 Å². The van der Waals surface area contributed by atoms with Gasteiger partial charge in [-0.1, -0.05) is 6.07 Å². The standard InChI is InChI=1S/C13H12F3NO3/c14-13(15,16)12(20)17-5-3-8-1-2-10(11(18)19)7-9(8)4-6-17/h1-2,7H,3-6H2,(H,18,19). The minimum atomic E-state index is -4.87. The van der Waals surface area contributed by atoms with Crippen LogP contribution in [0.15, 0.2) is 18.2 Å². The van der Waals surface area contributed by atoms with E-state index in [4.69, 9.17) is 5.11 Å². The summed E-state index contributed by atoms with van der Waals surface area (Å²) in [4.78, 5) is 22.8. The number of fused-ring (bicyclic) bond motifs is 1. The van der Waals surface area contributed by atoms with Crippen LogP contribution in [-0.2, 0) is 17.6 Å². The fraction of sp³-hybridized carbons (Fsp3) is 0.385. The molecule has 1 amide bonds. The zero-order valence-electron chi connectivity index (χ0n) is 10.4. The van der Waals surface area contributed by atoms with E-state index in [0.29, 0.717) is 5.56 Å². The minimum absolute atomic E-state index is 0.0161. The van der Waals surface area contributed by atoms with Gasteiger partial charge in [-0.15, -0.1) is 0 Å². The lowest BCUT2D eigenvalue weighted by atomic mass is 10.0. The summed E-state index contributed by atoms with van der Waals surface area (Å²) in [6, 6.07) is 4.47. The molecule has 0 unspecified atom stereocenters. The third-order valence-corrected chi connectivity index (χ3v) is 3.29. The normalized spacial score (nSPS) is 15.4. The van der Waals surface area contributed by atoms with Crippen LogP contribution in [0.4, 0.5) is 13.2 Å². The Morgan fingerprint density at radius 3 is 2.25 bits per heavy atom. The summed E-state index contributed by atoms with van der Waals surface area (Å²) in [5, 5.41) is 8.89. The summed E-state index contributed by atoms with van der Waals surface area (Å²) in [5.74, 6) is -2.93. The summed E-state index contributed by atoms with van der Waals surface area (Å²) in [6.07, 6.45) is -4.36. The molecule has 0 aliphatic carbocycles. The molecule has 1 N–H and O–H groups in total. The molecule has 1 aromatic rings. The Morgan fingerprint density at radius 1 is 1.10 bits per heavy atom. The first-order valence-corrected chi connectivity index (χ1v) is 6.00. The number of carbonyl (C=O) groups excluding carboxylic acids is 1. The van der Waals surface area contributed by atoms with Crippen LogP contribution in [0, 0.1) is 0 Å². The van der Waals surface area contributed by atoms with Gasteiger partial charge in [0, 0.05) is 13.1 Å². The molecular formula is C13H12F3NO3. The first-order chi connectivity index (χ1) is 9.29. The number of carbonyl (C=O) groups is 2. The van der Waals surface area contributed by atoms with Crippen molar-refractivity contribution in [1.29, 1.82) is 0 Å². The molecule has 108 valence electrons. The quantitative estimate of drug-likeness (QED) is 0.858. The van der Waals surface area contributed by atoms with E-state index >= 15 is 0 Å². The Hall–Kier alpha value is -2.05. The molecule has 0 fully saturated rings. The number of hydrogen-bond donors (Lipinski definition) is 1. The van der Waals surface area contributed by atoms with Crippen molar-refractivity contribution in [3.8, 4) is 0 Å². The molecule has 7 heteroatoms. The number of aromatic carboxylic acids is 1. The van der Waals surface area contributed by atoms with Crippen LogP contribution in [0.1, 0.15) is 21.5 Å². The van der Waals surface area contributed by atoms with Gasteiger partial charge in [0.15, 0.2) is 0 Å². The zero-order valence-corrected chi connectivity index (χ0v) is 10.4. The maximum absolute atomic E-state index is 12.4. The Morgan fingerprint density at radius 2 is 1.70 bits per heavy atom. The topological polar surface area (TPSA) is 57.6 Å². The van der Waals surface area contributed by atoms with Gasteiger partial charge < -0.3 is 10.0 Å². The highest BCUT2D eigenvalue weighted by Crippen LogP contribution is 2.23. The highest BCUT2D eigenvalue weighted by Gasteiger charge is 2.42. The molecule has 0 aromatic heterocycles. The number of amides is 1. The Balaban J connectivity index is 2.19. The zero-order chi connectivity index (χ0) is 14.9. The van der Waals surface area contributed by atoms with Crippen molar-refractivity contribution in [3.63, 3.8) is 0 Å². The second-order valence-corrected chi connectivity index (χ2v) is 4.58. The van der Waals surface area contributed by atoms with E-state index in [9.17, 15) is 22.8 Å². The van der Waals surface area contributed by atoms with Gasteiger partial charge in [-0.2, -0.15) is 13.2 Å². The predicted molar refractivity (Wildman–Crippen MR) is 63.4 cm³/mol. The van der Waals surface area contributed by atoms with Gasteiger partial charge in [0.1, 0.15) is 0 Å². The van der Waals surface area contributed by atoms with Crippen molar-refractivity contribution in [2.45, 2.75) is 19.0 Å². The predicted octanol–water partition coefficient (Wildman–Crippen LogP) is 1.87. The monoisotopic (exact) mass is 287 g/mol. The van der Waals surface area contributed by atoms with Crippen LogP contribution >= 0.6 is 0 Å². The Labute approximate surface area is 112 Å². The molecule has 0 saturated carbocycles. The molecule has 20 heavy (non-hydrogen) atoms. The van der Waals surface area contributed by atoms with E-state index in [2.05, 4.69) is 0 Å². The molecule has 0 radical (unpaired) electrons. The second kappa shape index (κ2) is 5.15. The SMILES string of the molecule is O=C(O)c1ccc2c(c1)CCN(C(=O)C(F)(F)F)CC2. The molecular weight excluding hydrogens is 275 g/mol. The second-order valence-electron chi connectivity index (χ2n) is 4.58. The van der Waals surface area contributed by atoms with E-state index in [1.165, 1.54) is 12.1 Å². The molecule has 0 bridgehead atoms. The molecule has 1 aliphatic heterocycles. The molecule has 1 heterocycles. The summed E-state index contributed by atoms with van der Waals surface area (Å²) >= 11 is 0. The highest BCUT2D eigenvalue weighted by molar-refractivity contribution is 5.88. The molecule has 1 aliphatic rings. The van der Waals surface area contributed by atoms with Gasteiger partial charge in [-0.3, -0.25) is 4.79 Å². The number of halogens is 3. The van der Waals surface area contributed by atoms with Crippen LogP contribution in [0.3, 0.4) is 0 Å². The molecule has 0 atom stereocenters. The van der Waals surface area contributed by atoms with E-state index in [1.54, 1.807) is 6.07 Å². The maximum atomic E-state index is 12.4. The average molecular weight is 287 g/mol. The largest absolute Gasteiger partial charge is 0.478 e. The first-order valence-electron chi connectivity index (χ1n) is 6.00. The van der Waals surface area contributed by atoms with Crippen LogP contribution in [0.5, 0.6) is 0 Å². The molecule has 4 nitrogen and oxygen atoms in total. The third-order valence-electron chi connectivity index (χ3n) is 3.29. The average Bonchev–Trinajstić information content (AvgIpc) is 2.58. The lowest BCUT2D eigenvalue weighted by Gasteiger charge is -2.21. The Kier molecular flexibility index (Phi) is 3.69. The van der Waals surface area contributed by atoms with Gasteiger partial charge in [-0.05, 0) is 36.1 Å². The van der Waals surface area contributed by atoms with Crippen LogP contribution < -0.4 is 0 Å². The van der Waals surface area contributed by atoms with Crippen molar-refractivity contribution < 1.29 is 27.9 Å². The first kappa shape index (κ1) is 14.4. The maximum Gasteiger partial charge on any atom is 0.471 e. The van der Waals surface area contributed by atoms with Crippen LogP contribution in [-0.4, -0.2) is 41.1 Å². The molecule has 0 spiro atoms. The van der Waals surface area contributed by atoms with E-state index < -0.39 is 18.1 Å². The number of nitrogens with zero attached hydrogens (tertiary/aromatic N) is 1. The number of benzene rings is 1. The van der Waals surface area contributed by atoms with E-state index in [-0.39, 0.29) is 31.5 Å². The van der Waals surface area contributed by atoms with Gasteiger partial charge in [0.2, 0.25) is 0 Å². The lowest BCUT2D eigenvalue weighted by Crippen LogP contribution is -2.42. The van der Waals surface area contributed by atoms with Crippen molar-refractivity contribution in [3.05, 3.63) is 34.9 Å². The van der Waals surface area contributed by atoms with Crippen LogP contribution in [0.25, 0.3) is 0 Å². The smallest absolute Gasteiger partial charge is 0.471 e.